The minimum atomic E-state index is -0.457. The number of halogens is 1. The maximum absolute atomic E-state index is 11.0. The summed E-state index contributed by atoms with van der Waals surface area (Å²) in [5.74, 6) is 0. The van der Waals surface area contributed by atoms with Crippen molar-refractivity contribution >= 4 is 34.0 Å². The minimum Gasteiger partial charge on any atom is -0.306 e. The molecule has 0 aliphatic rings. The van der Waals surface area contributed by atoms with Crippen molar-refractivity contribution in [1.29, 1.82) is 0 Å². The van der Waals surface area contributed by atoms with Crippen LogP contribution in [0.25, 0.3) is 10.2 Å². The van der Waals surface area contributed by atoms with Gasteiger partial charge in [-0.1, -0.05) is 0 Å². The van der Waals surface area contributed by atoms with Crippen molar-refractivity contribution in [2.75, 3.05) is 0 Å². The maximum atomic E-state index is 11.0. The second-order valence-electron chi connectivity index (χ2n) is 2.07. The molecule has 0 bridgehead atoms. The van der Waals surface area contributed by atoms with E-state index in [1.807, 2.05) is 0 Å². The Bertz CT molecular complexity index is 498. The molecule has 2 aromatic heterocycles. The summed E-state index contributed by atoms with van der Waals surface area (Å²) in [5.41, 5.74) is -0.177. The molecule has 0 atom stereocenters. The highest BCUT2D eigenvalue weighted by molar-refractivity contribution is 7.17. The summed E-state index contributed by atoms with van der Waals surface area (Å²) < 4.78 is 0.560. The molecule has 64 valence electrons. The van der Waals surface area contributed by atoms with Crippen LogP contribution in [-0.2, 0) is 0 Å². The number of fused-ring (bicyclic) bond motifs is 1. The molecular formula is C6H5ClN2O2S. The lowest BCUT2D eigenvalue weighted by Gasteiger charge is -1.84. The van der Waals surface area contributed by atoms with Gasteiger partial charge in [0.25, 0.3) is 5.56 Å². The third-order valence-electron chi connectivity index (χ3n) is 1.35. The average molecular weight is 205 g/mol. The van der Waals surface area contributed by atoms with Gasteiger partial charge in [0.05, 0.1) is 5.52 Å². The fourth-order valence-corrected chi connectivity index (χ4v) is 1.64. The van der Waals surface area contributed by atoms with E-state index in [-0.39, 0.29) is 18.0 Å². The van der Waals surface area contributed by atoms with Gasteiger partial charge in [0, 0.05) is 0 Å². The van der Waals surface area contributed by atoms with Gasteiger partial charge in [-0.15, -0.1) is 23.7 Å². The van der Waals surface area contributed by atoms with Crippen LogP contribution in [0.1, 0.15) is 0 Å². The molecule has 4 nitrogen and oxygen atoms in total. The number of nitrogens with one attached hydrogen (secondary N) is 2. The molecule has 0 fully saturated rings. The van der Waals surface area contributed by atoms with Crippen LogP contribution in [-0.4, -0.2) is 9.97 Å². The molecule has 0 saturated carbocycles. The van der Waals surface area contributed by atoms with Gasteiger partial charge in [0.2, 0.25) is 0 Å². The first-order valence-corrected chi connectivity index (χ1v) is 3.85. The van der Waals surface area contributed by atoms with Crippen molar-refractivity contribution in [3.05, 3.63) is 32.3 Å². The first-order chi connectivity index (χ1) is 5.27. The lowest BCUT2D eigenvalue weighted by atomic mass is 10.5. The standard InChI is InChI=1S/C6H4N2O2S.ClH/c9-5-4-3(1-2-11-4)7-6(10)8-5;/h1-2H,(H2,7,8,9,10);1H. The molecule has 0 saturated heterocycles. The van der Waals surface area contributed by atoms with Crippen molar-refractivity contribution in [2.45, 2.75) is 0 Å². The Hall–Kier alpha value is -1.07. The van der Waals surface area contributed by atoms with E-state index >= 15 is 0 Å². The Balaban J connectivity index is 0.000000720. The Labute approximate surface area is 76.7 Å². The van der Waals surface area contributed by atoms with Crippen LogP contribution < -0.4 is 11.2 Å². The Morgan fingerprint density at radius 1 is 1.25 bits per heavy atom. The van der Waals surface area contributed by atoms with E-state index in [0.29, 0.717) is 10.2 Å². The summed E-state index contributed by atoms with van der Waals surface area (Å²) in [5, 5.41) is 1.76. The number of thiophene rings is 1. The first-order valence-electron chi connectivity index (χ1n) is 2.97. The quantitative estimate of drug-likeness (QED) is 0.664. The molecule has 12 heavy (non-hydrogen) atoms. The zero-order valence-corrected chi connectivity index (χ0v) is 7.42. The molecule has 2 aromatic rings. The van der Waals surface area contributed by atoms with Gasteiger partial charge in [-0.3, -0.25) is 9.78 Å². The molecule has 2 rings (SSSR count). The van der Waals surface area contributed by atoms with Crippen LogP contribution in [0.3, 0.4) is 0 Å². The molecule has 0 aliphatic carbocycles. The SMILES string of the molecule is Cl.O=c1[nH]c(=O)c2sccc2[nH]1. The molecule has 6 heteroatoms. The minimum absolute atomic E-state index is 0. The summed E-state index contributed by atoms with van der Waals surface area (Å²) in [6, 6.07) is 1.70. The molecule has 0 aromatic carbocycles. The first kappa shape index (κ1) is 9.02. The highest BCUT2D eigenvalue weighted by Gasteiger charge is 1.99. The number of aromatic amines is 2. The summed E-state index contributed by atoms with van der Waals surface area (Å²) >= 11 is 1.31. The predicted octanol–water partition coefficient (Wildman–Crippen LogP) is 0.700. The maximum Gasteiger partial charge on any atom is 0.326 e. The average Bonchev–Trinajstić information content (AvgIpc) is 2.34. The predicted molar refractivity (Wildman–Crippen MR) is 50.3 cm³/mol. The second kappa shape index (κ2) is 3.12. The number of rotatable bonds is 0. The van der Waals surface area contributed by atoms with E-state index in [0.717, 1.165) is 0 Å². The number of hydrogen-bond donors (Lipinski definition) is 2. The van der Waals surface area contributed by atoms with Crippen LogP contribution in [0.2, 0.25) is 0 Å². The fraction of sp³-hybridized carbons (Fsp3) is 0. The Kier molecular flexibility index (Phi) is 2.35. The molecule has 2 N–H and O–H groups in total. The van der Waals surface area contributed by atoms with E-state index in [1.54, 1.807) is 11.4 Å². The fourth-order valence-electron chi connectivity index (χ4n) is 0.897. The van der Waals surface area contributed by atoms with Gasteiger partial charge in [0.1, 0.15) is 4.70 Å². The van der Waals surface area contributed by atoms with E-state index in [4.69, 9.17) is 0 Å². The summed E-state index contributed by atoms with van der Waals surface area (Å²) in [6.07, 6.45) is 0. The topological polar surface area (TPSA) is 65.7 Å². The third-order valence-corrected chi connectivity index (χ3v) is 2.26. The van der Waals surface area contributed by atoms with Crippen LogP contribution in [0.5, 0.6) is 0 Å². The van der Waals surface area contributed by atoms with Gasteiger partial charge in [-0.25, -0.2) is 4.79 Å². The van der Waals surface area contributed by atoms with Gasteiger partial charge < -0.3 is 4.98 Å². The second-order valence-corrected chi connectivity index (χ2v) is 2.99. The molecular weight excluding hydrogens is 200 g/mol. The Morgan fingerprint density at radius 2 is 2.00 bits per heavy atom. The van der Waals surface area contributed by atoms with Crippen molar-refractivity contribution in [2.24, 2.45) is 0 Å². The summed E-state index contributed by atoms with van der Waals surface area (Å²) in [6.45, 7) is 0. The van der Waals surface area contributed by atoms with Crippen molar-refractivity contribution in [1.82, 2.24) is 9.97 Å². The van der Waals surface area contributed by atoms with E-state index in [9.17, 15) is 9.59 Å². The summed E-state index contributed by atoms with van der Waals surface area (Å²) in [7, 11) is 0. The summed E-state index contributed by atoms with van der Waals surface area (Å²) in [4.78, 5) is 26.3. The van der Waals surface area contributed by atoms with Crippen LogP contribution in [0.4, 0.5) is 0 Å². The number of hydrogen-bond acceptors (Lipinski definition) is 3. The molecule has 0 spiro atoms. The van der Waals surface area contributed by atoms with Crippen LogP contribution >= 0.6 is 23.7 Å². The van der Waals surface area contributed by atoms with Gasteiger partial charge >= 0.3 is 5.69 Å². The van der Waals surface area contributed by atoms with E-state index in [2.05, 4.69) is 9.97 Å². The zero-order valence-electron chi connectivity index (χ0n) is 5.79. The van der Waals surface area contributed by atoms with E-state index in [1.165, 1.54) is 11.3 Å². The third kappa shape index (κ3) is 1.28. The zero-order chi connectivity index (χ0) is 7.84. The van der Waals surface area contributed by atoms with Crippen molar-refractivity contribution in [3.8, 4) is 0 Å². The highest BCUT2D eigenvalue weighted by Crippen LogP contribution is 2.10. The van der Waals surface area contributed by atoms with Gasteiger partial charge in [0.15, 0.2) is 0 Å². The van der Waals surface area contributed by atoms with Gasteiger partial charge in [-0.05, 0) is 11.4 Å². The van der Waals surface area contributed by atoms with Crippen LogP contribution in [0.15, 0.2) is 21.0 Å². The monoisotopic (exact) mass is 204 g/mol. The van der Waals surface area contributed by atoms with Gasteiger partial charge in [-0.2, -0.15) is 0 Å². The molecule has 0 amide bonds. The number of H-pyrrole nitrogens is 2. The lowest BCUT2D eigenvalue weighted by Crippen LogP contribution is -2.20. The van der Waals surface area contributed by atoms with Crippen molar-refractivity contribution < 1.29 is 0 Å². The van der Waals surface area contributed by atoms with Crippen molar-refractivity contribution in [3.63, 3.8) is 0 Å². The lowest BCUT2D eigenvalue weighted by molar-refractivity contribution is 1.09. The highest BCUT2D eigenvalue weighted by atomic mass is 35.5. The number of aromatic nitrogens is 2. The molecule has 0 radical (unpaired) electrons. The van der Waals surface area contributed by atoms with E-state index < -0.39 is 5.69 Å². The molecule has 0 unspecified atom stereocenters. The largest absolute Gasteiger partial charge is 0.326 e. The normalized spacial score (nSPS) is 9.67. The van der Waals surface area contributed by atoms with Crippen LogP contribution in [0, 0.1) is 0 Å². The Morgan fingerprint density at radius 3 is 2.75 bits per heavy atom. The smallest absolute Gasteiger partial charge is 0.306 e. The molecule has 2 heterocycles. The molecule has 0 aliphatic heterocycles.